The van der Waals surface area contributed by atoms with Crippen molar-refractivity contribution >= 4 is 23.3 Å². The van der Waals surface area contributed by atoms with E-state index in [2.05, 4.69) is 4.98 Å². The maximum atomic E-state index is 13.6. The number of ether oxygens (including phenoxy) is 1. The Morgan fingerprint density at radius 3 is 2.90 bits per heavy atom. The summed E-state index contributed by atoms with van der Waals surface area (Å²) in [5.41, 5.74) is 0.727. The van der Waals surface area contributed by atoms with Gasteiger partial charge in [-0.3, -0.25) is 0 Å². The molecular formula is C14H16F2N2OS. The molecule has 3 rings (SSSR count). The summed E-state index contributed by atoms with van der Waals surface area (Å²) in [5, 5.41) is 0. The number of rotatable bonds is 6. The third-order valence-electron chi connectivity index (χ3n) is 3.52. The van der Waals surface area contributed by atoms with Crippen molar-refractivity contribution in [2.24, 2.45) is 5.92 Å². The van der Waals surface area contributed by atoms with Gasteiger partial charge in [0.2, 0.25) is 0 Å². The number of halogens is 2. The number of benzene rings is 1. The van der Waals surface area contributed by atoms with Crippen molar-refractivity contribution < 1.29 is 13.5 Å². The molecule has 20 heavy (non-hydrogen) atoms. The summed E-state index contributed by atoms with van der Waals surface area (Å²) in [7, 11) is 0. The number of nitrogens with zero attached hydrogens (tertiary/aromatic N) is 1. The number of hydrogen-bond donors (Lipinski definition) is 1. The van der Waals surface area contributed by atoms with Crippen LogP contribution in [0.5, 0.6) is 0 Å². The van der Waals surface area contributed by atoms with Gasteiger partial charge in [-0.1, -0.05) is 0 Å². The van der Waals surface area contributed by atoms with Gasteiger partial charge in [0.05, 0.1) is 5.52 Å². The van der Waals surface area contributed by atoms with Crippen LogP contribution in [0.3, 0.4) is 0 Å². The zero-order valence-corrected chi connectivity index (χ0v) is 11.8. The zero-order valence-electron chi connectivity index (χ0n) is 11.0. The molecule has 1 fully saturated rings. The summed E-state index contributed by atoms with van der Waals surface area (Å²) < 4.78 is 34.6. The first kappa shape index (κ1) is 13.7. The Morgan fingerprint density at radius 1 is 1.35 bits per heavy atom. The van der Waals surface area contributed by atoms with Gasteiger partial charge in [0, 0.05) is 25.8 Å². The lowest BCUT2D eigenvalue weighted by Crippen LogP contribution is -2.04. The normalized spacial score (nSPS) is 15.1. The predicted octanol–water partition coefficient (Wildman–Crippen LogP) is 3.79. The first-order valence-corrected chi connectivity index (χ1v) is 7.21. The lowest BCUT2D eigenvalue weighted by Gasteiger charge is -2.06. The molecule has 0 unspecified atom stereocenters. The second-order valence-corrected chi connectivity index (χ2v) is 5.62. The highest BCUT2D eigenvalue weighted by Gasteiger charge is 2.20. The molecule has 1 aliphatic rings. The molecular weight excluding hydrogens is 282 g/mol. The molecule has 0 aliphatic heterocycles. The first-order chi connectivity index (χ1) is 9.65. The van der Waals surface area contributed by atoms with E-state index in [1.165, 1.54) is 18.9 Å². The Morgan fingerprint density at radius 2 is 2.15 bits per heavy atom. The summed E-state index contributed by atoms with van der Waals surface area (Å²) in [6.45, 7) is 2.05. The fourth-order valence-corrected chi connectivity index (χ4v) is 2.55. The van der Waals surface area contributed by atoms with Crippen LogP contribution < -0.4 is 0 Å². The predicted molar refractivity (Wildman–Crippen MR) is 75.2 cm³/mol. The second-order valence-electron chi connectivity index (χ2n) is 5.24. The number of H-pyrrole nitrogens is 1. The van der Waals surface area contributed by atoms with E-state index in [0.717, 1.165) is 25.0 Å². The van der Waals surface area contributed by atoms with Gasteiger partial charge in [0.25, 0.3) is 0 Å². The number of aromatic amines is 1. The Bertz CT molecular complexity index is 676. The molecule has 0 saturated heterocycles. The molecule has 0 spiro atoms. The van der Waals surface area contributed by atoms with E-state index in [-0.39, 0.29) is 5.52 Å². The molecule has 0 bridgehead atoms. The number of aryl methyl sites for hydroxylation is 1. The van der Waals surface area contributed by atoms with Crippen LogP contribution in [-0.2, 0) is 11.3 Å². The smallest absolute Gasteiger partial charge is 0.178 e. The van der Waals surface area contributed by atoms with E-state index in [9.17, 15) is 8.78 Å². The van der Waals surface area contributed by atoms with Crippen molar-refractivity contribution in [3.63, 3.8) is 0 Å². The Hall–Kier alpha value is -1.27. The highest BCUT2D eigenvalue weighted by molar-refractivity contribution is 7.71. The fourth-order valence-electron chi connectivity index (χ4n) is 2.26. The van der Waals surface area contributed by atoms with Crippen LogP contribution in [0.1, 0.15) is 19.3 Å². The van der Waals surface area contributed by atoms with Gasteiger partial charge < -0.3 is 14.3 Å². The van der Waals surface area contributed by atoms with E-state index < -0.39 is 11.6 Å². The van der Waals surface area contributed by atoms with Gasteiger partial charge in [-0.2, -0.15) is 0 Å². The van der Waals surface area contributed by atoms with E-state index in [0.29, 0.717) is 23.4 Å². The van der Waals surface area contributed by atoms with E-state index in [4.69, 9.17) is 17.0 Å². The van der Waals surface area contributed by atoms with Crippen LogP contribution in [0.4, 0.5) is 8.78 Å². The lowest BCUT2D eigenvalue weighted by molar-refractivity contribution is 0.119. The maximum Gasteiger partial charge on any atom is 0.178 e. The van der Waals surface area contributed by atoms with Gasteiger partial charge in [0.1, 0.15) is 11.3 Å². The number of aromatic nitrogens is 2. The molecule has 1 aliphatic carbocycles. The molecule has 1 aromatic heterocycles. The maximum absolute atomic E-state index is 13.6. The van der Waals surface area contributed by atoms with Gasteiger partial charge in [0.15, 0.2) is 10.6 Å². The average molecular weight is 298 g/mol. The largest absolute Gasteiger partial charge is 0.381 e. The molecule has 0 atom stereocenters. The van der Waals surface area contributed by atoms with Crippen LogP contribution in [0.25, 0.3) is 11.0 Å². The Labute approximate surface area is 120 Å². The molecule has 0 radical (unpaired) electrons. The van der Waals surface area contributed by atoms with Crippen LogP contribution >= 0.6 is 12.2 Å². The Kier molecular flexibility index (Phi) is 3.85. The van der Waals surface area contributed by atoms with E-state index in [1.807, 2.05) is 0 Å². The first-order valence-electron chi connectivity index (χ1n) is 6.80. The standard InChI is InChI=1S/C14H16F2N2OS/c15-10-6-11(16)13-12(7-10)18(14(20)17-13)4-1-5-19-8-9-2-3-9/h6-7,9H,1-5,8H2,(H,17,20). The molecule has 1 N–H and O–H groups in total. The van der Waals surface area contributed by atoms with Crippen LogP contribution in [-0.4, -0.2) is 22.8 Å². The summed E-state index contributed by atoms with van der Waals surface area (Å²) in [6.07, 6.45) is 3.31. The molecule has 108 valence electrons. The second kappa shape index (κ2) is 5.61. The topological polar surface area (TPSA) is 29.9 Å². The average Bonchev–Trinajstić information content (AvgIpc) is 3.15. The quantitative estimate of drug-likeness (QED) is 0.649. The van der Waals surface area contributed by atoms with Gasteiger partial charge >= 0.3 is 0 Å². The third-order valence-corrected chi connectivity index (χ3v) is 3.85. The monoisotopic (exact) mass is 298 g/mol. The van der Waals surface area contributed by atoms with Crippen molar-refractivity contribution in [1.82, 2.24) is 9.55 Å². The molecule has 3 nitrogen and oxygen atoms in total. The van der Waals surface area contributed by atoms with Gasteiger partial charge in [-0.05, 0) is 43.5 Å². The minimum absolute atomic E-state index is 0.260. The van der Waals surface area contributed by atoms with Crippen molar-refractivity contribution in [3.05, 3.63) is 28.5 Å². The Balaban J connectivity index is 1.69. The minimum Gasteiger partial charge on any atom is -0.381 e. The summed E-state index contributed by atoms with van der Waals surface area (Å²) in [5.74, 6) is -0.467. The third kappa shape index (κ3) is 2.91. The van der Waals surface area contributed by atoms with Gasteiger partial charge in [-0.15, -0.1) is 0 Å². The van der Waals surface area contributed by atoms with Crippen molar-refractivity contribution in [2.75, 3.05) is 13.2 Å². The van der Waals surface area contributed by atoms with Crippen LogP contribution in [0.15, 0.2) is 12.1 Å². The summed E-state index contributed by atoms with van der Waals surface area (Å²) in [6, 6.07) is 2.16. The minimum atomic E-state index is -0.616. The highest BCUT2D eigenvalue weighted by Crippen LogP contribution is 2.28. The highest BCUT2D eigenvalue weighted by atomic mass is 32.1. The van der Waals surface area contributed by atoms with Crippen molar-refractivity contribution in [1.29, 1.82) is 0 Å². The SMILES string of the molecule is Fc1cc(F)c2[nH]c(=S)n(CCCOCC3CC3)c2c1. The molecule has 1 saturated carbocycles. The molecule has 2 aromatic rings. The van der Waals surface area contributed by atoms with Gasteiger partial charge in [-0.25, -0.2) is 8.78 Å². The molecule has 0 amide bonds. The lowest BCUT2D eigenvalue weighted by atomic mass is 10.3. The molecule has 1 heterocycles. The molecule has 1 aromatic carbocycles. The number of fused-ring (bicyclic) bond motifs is 1. The van der Waals surface area contributed by atoms with Crippen molar-refractivity contribution in [3.8, 4) is 0 Å². The fraction of sp³-hybridized carbons (Fsp3) is 0.500. The van der Waals surface area contributed by atoms with Crippen LogP contribution in [0.2, 0.25) is 0 Å². The van der Waals surface area contributed by atoms with E-state index in [1.54, 1.807) is 4.57 Å². The number of hydrogen-bond acceptors (Lipinski definition) is 2. The zero-order chi connectivity index (χ0) is 14.1. The van der Waals surface area contributed by atoms with Crippen molar-refractivity contribution in [2.45, 2.75) is 25.8 Å². The number of imidazole rings is 1. The molecule has 6 heteroatoms. The summed E-state index contributed by atoms with van der Waals surface area (Å²) >= 11 is 5.16. The van der Waals surface area contributed by atoms with E-state index >= 15 is 0 Å². The van der Waals surface area contributed by atoms with Crippen LogP contribution in [0, 0.1) is 22.3 Å². The number of nitrogens with one attached hydrogen (secondary N) is 1. The summed E-state index contributed by atoms with van der Waals surface area (Å²) in [4.78, 5) is 2.79.